The predicted molar refractivity (Wildman–Crippen MR) is 53.2 cm³/mol. The number of rotatable bonds is 4. The molecular formula is C11H10FNO3. The van der Waals surface area contributed by atoms with E-state index in [9.17, 15) is 9.18 Å². The molecule has 0 amide bonds. The lowest BCUT2D eigenvalue weighted by molar-refractivity contribution is -0.145. The average molecular weight is 223 g/mol. The quantitative estimate of drug-likeness (QED) is 0.728. The first kappa shape index (κ1) is 12.0. The summed E-state index contributed by atoms with van der Waals surface area (Å²) in [5, 5.41) is 8.71. The van der Waals surface area contributed by atoms with Crippen molar-refractivity contribution in [3.8, 4) is 11.8 Å². The van der Waals surface area contributed by atoms with Crippen molar-refractivity contribution in [2.45, 2.75) is 6.92 Å². The highest BCUT2D eigenvalue weighted by atomic mass is 19.1. The van der Waals surface area contributed by atoms with Crippen molar-refractivity contribution in [3.63, 3.8) is 0 Å². The van der Waals surface area contributed by atoms with E-state index in [0.29, 0.717) is 0 Å². The van der Waals surface area contributed by atoms with E-state index in [0.717, 1.165) is 12.1 Å². The lowest BCUT2D eigenvalue weighted by atomic mass is 10.2. The minimum atomic E-state index is -0.560. The van der Waals surface area contributed by atoms with Gasteiger partial charge in [0.1, 0.15) is 17.6 Å². The van der Waals surface area contributed by atoms with Crippen molar-refractivity contribution >= 4 is 5.97 Å². The third kappa shape index (κ3) is 3.24. The maximum Gasteiger partial charge on any atom is 0.344 e. The van der Waals surface area contributed by atoms with Crippen LogP contribution in [0.1, 0.15) is 12.5 Å². The topological polar surface area (TPSA) is 59.3 Å². The lowest BCUT2D eigenvalue weighted by Gasteiger charge is -2.06. The Hall–Kier alpha value is -2.09. The Labute approximate surface area is 92.2 Å². The number of halogens is 1. The zero-order chi connectivity index (χ0) is 12.0. The molecule has 16 heavy (non-hydrogen) atoms. The first-order chi connectivity index (χ1) is 7.67. The van der Waals surface area contributed by atoms with Gasteiger partial charge in [-0.15, -0.1) is 0 Å². The number of nitriles is 1. The Kier molecular flexibility index (Phi) is 4.28. The zero-order valence-electron chi connectivity index (χ0n) is 8.70. The predicted octanol–water partition coefficient (Wildman–Crippen LogP) is 1.64. The molecule has 0 unspecified atom stereocenters. The van der Waals surface area contributed by atoms with E-state index < -0.39 is 11.8 Å². The molecule has 0 saturated carbocycles. The van der Waals surface area contributed by atoms with Gasteiger partial charge in [0.25, 0.3) is 0 Å². The number of carbonyl (C=O) groups is 1. The van der Waals surface area contributed by atoms with E-state index in [1.807, 2.05) is 6.07 Å². The fourth-order valence-corrected chi connectivity index (χ4v) is 1.05. The number of ether oxygens (including phenoxy) is 2. The van der Waals surface area contributed by atoms with Crippen LogP contribution in [0.15, 0.2) is 18.2 Å². The molecule has 0 radical (unpaired) electrons. The molecule has 1 rings (SSSR count). The fraction of sp³-hybridized carbons (Fsp3) is 0.273. The van der Waals surface area contributed by atoms with Crippen molar-refractivity contribution in [1.29, 1.82) is 5.26 Å². The summed E-state index contributed by atoms with van der Waals surface area (Å²) in [5.41, 5.74) is 0.172. The van der Waals surface area contributed by atoms with Crippen LogP contribution in [0.2, 0.25) is 0 Å². The molecule has 0 saturated heterocycles. The second-order valence-corrected chi connectivity index (χ2v) is 2.85. The average Bonchev–Trinajstić information content (AvgIpc) is 2.27. The van der Waals surface area contributed by atoms with Crippen LogP contribution in [0.5, 0.6) is 5.75 Å². The van der Waals surface area contributed by atoms with Crippen LogP contribution >= 0.6 is 0 Å². The van der Waals surface area contributed by atoms with Gasteiger partial charge in [-0.2, -0.15) is 5.26 Å². The van der Waals surface area contributed by atoms with Crippen LogP contribution < -0.4 is 4.74 Å². The summed E-state index contributed by atoms with van der Waals surface area (Å²) in [6.07, 6.45) is 0. The van der Waals surface area contributed by atoms with Crippen molar-refractivity contribution < 1.29 is 18.7 Å². The highest BCUT2D eigenvalue weighted by Gasteiger charge is 2.08. The number of hydrogen-bond acceptors (Lipinski definition) is 4. The molecule has 0 fully saturated rings. The Balaban J connectivity index is 2.70. The molecule has 1 aromatic rings. The fourth-order valence-electron chi connectivity index (χ4n) is 1.05. The smallest absolute Gasteiger partial charge is 0.344 e. The summed E-state index contributed by atoms with van der Waals surface area (Å²) in [6, 6.07) is 5.32. The highest BCUT2D eigenvalue weighted by molar-refractivity contribution is 5.71. The minimum Gasteiger partial charge on any atom is -0.480 e. The van der Waals surface area contributed by atoms with E-state index in [1.165, 1.54) is 6.07 Å². The minimum absolute atomic E-state index is 0.0375. The van der Waals surface area contributed by atoms with E-state index in [2.05, 4.69) is 4.74 Å². The monoisotopic (exact) mass is 223 g/mol. The van der Waals surface area contributed by atoms with Crippen LogP contribution in [0.3, 0.4) is 0 Å². The summed E-state index contributed by atoms with van der Waals surface area (Å²) >= 11 is 0. The maximum absolute atomic E-state index is 12.9. The van der Waals surface area contributed by atoms with Gasteiger partial charge < -0.3 is 9.47 Å². The number of nitrogens with zero attached hydrogens (tertiary/aromatic N) is 1. The van der Waals surface area contributed by atoms with Gasteiger partial charge in [-0.1, -0.05) is 0 Å². The van der Waals surface area contributed by atoms with E-state index in [4.69, 9.17) is 10.00 Å². The largest absolute Gasteiger partial charge is 0.480 e. The third-order valence-corrected chi connectivity index (χ3v) is 1.71. The lowest BCUT2D eigenvalue weighted by Crippen LogP contribution is -2.15. The SMILES string of the molecule is CCOC(=O)COc1cc(F)ccc1C#N. The van der Waals surface area contributed by atoms with Gasteiger partial charge in [0.15, 0.2) is 6.61 Å². The molecule has 0 aliphatic rings. The van der Waals surface area contributed by atoms with Crippen LogP contribution in [-0.2, 0) is 9.53 Å². The summed E-state index contributed by atoms with van der Waals surface area (Å²) in [4.78, 5) is 11.0. The molecule has 0 bridgehead atoms. The first-order valence-electron chi connectivity index (χ1n) is 4.65. The maximum atomic E-state index is 12.9. The third-order valence-electron chi connectivity index (χ3n) is 1.71. The van der Waals surface area contributed by atoms with E-state index in [1.54, 1.807) is 6.92 Å². The summed E-state index contributed by atoms with van der Waals surface area (Å²) in [5.74, 6) is -1.05. The number of hydrogen-bond donors (Lipinski definition) is 0. The molecular weight excluding hydrogens is 213 g/mol. The molecule has 84 valence electrons. The highest BCUT2D eigenvalue weighted by Crippen LogP contribution is 2.18. The molecule has 1 aromatic carbocycles. The van der Waals surface area contributed by atoms with Crippen molar-refractivity contribution in [3.05, 3.63) is 29.6 Å². The molecule has 0 spiro atoms. The standard InChI is InChI=1S/C11H10FNO3/c1-2-15-11(14)7-16-10-5-9(12)4-3-8(10)6-13/h3-5H,2,7H2,1H3. The molecule has 0 atom stereocenters. The van der Waals surface area contributed by atoms with Gasteiger partial charge in [0.05, 0.1) is 12.2 Å². The van der Waals surface area contributed by atoms with Gasteiger partial charge in [-0.3, -0.25) is 0 Å². The van der Waals surface area contributed by atoms with E-state index in [-0.39, 0.29) is 24.5 Å². The molecule has 0 aliphatic heterocycles. The van der Waals surface area contributed by atoms with Gasteiger partial charge in [0, 0.05) is 6.07 Å². The van der Waals surface area contributed by atoms with Crippen LogP contribution in [0.4, 0.5) is 4.39 Å². The van der Waals surface area contributed by atoms with Gasteiger partial charge >= 0.3 is 5.97 Å². The number of carbonyl (C=O) groups excluding carboxylic acids is 1. The normalized spacial score (nSPS) is 9.31. The Morgan fingerprint density at radius 2 is 2.31 bits per heavy atom. The van der Waals surface area contributed by atoms with Crippen LogP contribution in [0, 0.1) is 17.1 Å². The van der Waals surface area contributed by atoms with E-state index >= 15 is 0 Å². The number of benzene rings is 1. The second-order valence-electron chi connectivity index (χ2n) is 2.85. The van der Waals surface area contributed by atoms with Gasteiger partial charge in [0.2, 0.25) is 0 Å². The molecule has 0 aromatic heterocycles. The Morgan fingerprint density at radius 1 is 1.56 bits per heavy atom. The number of esters is 1. The molecule has 0 N–H and O–H groups in total. The van der Waals surface area contributed by atoms with Crippen molar-refractivity contribution in [1.82, 2.24) is 0 Å². The zero-order valence-corrected chi connectivity index (χ0v) is 8.70. The van der Waals surface area contributed by atoms with Crippen molar-refractivity contribution in [2.24, 2.45) is 0 Å². The van der Waals surface area contributed by atoms with Crippen LogP contribution in [0.25, 0.3) is 0 Å². The molecule has 5 heteroatoms. The Morgan fingerprint density at radius 3 is 2.94 bits per heavy atom. The van der Waals surface area contributed by atoms with Crippen molar-refractivity contribution in [2.75, 3.05) is 13.2 Å². The first-order valence-corrected chi connectivity index (χ1v) is 4.65. The van der Waals surface area contributed by atoms with Gasteiger partial charge in [-0.25, -0.2) is 9.18 Å². The summed E-state index contributed by atoms with van der Waals surface area (Å²) < 4.78 is 22.5. The van der Waals surface area contributed by atoms with Gasteiger partial charge in [-0.05, 0) is 19.1 Å². The Bertz CT molecular complexity index is 426. The van der Waals surface area contributed by atoms with Crippen LogP contribution in [-0.4, -0.2) is 19.2 Å². The molecule has 4 nitrogen and oxygen atoms in total. The molecule has 0 aliphatic carbocycles. The summed E-state index contributed by atoms with van der Waals surface area (Å²) in [7, 11) is 0. The summed E-state index contributed by atoms with van der Waals surface area (Å²) in [6.45, 7) is 1.57. The second kappa shape index (κ2) is 5.71. The molecule has 0 heterocycles.